The Hall–Kier alpha value is -2.07. The number of Topliss-reactive ketones (excluding diaryl/α,β-unsaturated/α-hetero) is 1. The number of carbonyl (C=O) groups is 2. The van der Waals surface area contributed by atoms with Crippen molar-refractivity contribution in [3.63, 3.8) is 0 Å². The average Bonchev–Trinajstić information content (AvgIpc) is 3.13. The van der Waals surface area contributed by atoms with E-state index >= 15 is 0 Å². The fraction of sp³-hybridized carbons (Fsp3) is 0.500. The van der Waals surface area contributed by atoms with Gasteiger partial charge in [-0.05, 0) is 62.1 Å². The molecule has 29 heavy (non-hydrogen) atoms. The first-order chi connectivity index (χ1) is 13.7. The second-order valence-electron chi connectivity index (χ2n) is 9.29. The second-order valence-corrected chi connectivity index (χ2v) is 9.73. The van der Waals surface area contributed by atoms with E-state index in [1.807, 2.05) is 31.2 Å². The number of hydrogen-bond acceptors (Lipinski definition) is 4. The van der Waals surface area contributed by atoms with Gasteiger partial charge in [0.05, 0.1) is 5.57 Å². The third-order valence-electron chi connectivity index (χ3n) is 6.24. The van der Waals surface area contributed by atoms with Crippen molar-refractivity contribution in [2.24, 2.45) is 5.41 Å². The molecule has 1 aliphatic heterocycles. The first kappa shape index (κ1) is 20.2. The number of nitrogens with one attached hydrogen (secondary N) is 1. The monoisotopic (exact) mass is 413 g/mol. The maximum Gasteiger partial charge on any atom is 0.337 e. The standard InChI is InChI=1S/C24H28ClNO3/c1-14-20(23(28)29-17-6-4-5-7-17)21(15-8-10-16(25)11-9-15)22-18(26-14)12-24(2,3)13-19(22)27/h8-11,17,21,26H,4-7,12-13H2,1-3H3/t21-/m0/s1. The Kier molecular flexibility index (Phi) is 5.32. The number of ether oxygens (including phenoxy) is 1. The summed E-state index contributed by atoms with van der Waals surface area (Å²) in [7, 11) is 0. The number of carbonyl (C=O) groups excluding carboxylic acids is 2. The summed E-state index contributed by atoms with van der Waals surface area (Å²) < 4.78 is 5.86. The largest absolute Gasteiger partial charge is 0.459 e. The van der Waals surface area contributed by atoms with Gasteiger partial charge in [0.1, 0.15) is 6.10 Å². The van der Waals surface area contributed by atoms with E-state index in [0.717, 1.165) is 49.1 Å². The molecule has 5 heteroatoms. The highest BCUT2D eigenvalue weighted by atomic mass is 35.5. The van der Waals surface area contributed by atoms with Gasteiger partial charge in [0, 0.05) is 34.3 Å². The van der Waals surface area contributed by atoms with Crippen LogP contribution in [0.5, 0.6) is 0 Å². The Morgan fingerprint density at radius 2 is 1.79 bits per heavy atom. The summed E-state index contributed by atoms with van der Waals surface area (Å²) in [6.07, 6.45) is 5.25. The third-order valence-corrected chi connectivity index (χ3v) is 6.49. The number of benzene rings is 1. The highest BCUT2D eigenvalue weighted by Gasteiger charge is 2.43. The molecule has 4 nitrogen and oxygen atoms in total. The lowest BCUT2D eigenvalue weighted by molar-refractivity contribution is -0.144. The second kappa shape index (κ2) is 7.64. The van der Waals surface area contributed by atoms with Gasteiger partial charge in [0.2, 0.25) is 0 Å². The molecule has 0 unspecified atom stereocenters. The van der Waals surface area contributed by atoms with E-state index in [-0.39, 0.29) is 23.3 Å². The number of esters is 1. The van der Waals surface area contributed by atoms with Gasteiger partial charge >= 0.3 is 5.97 Å². The first-order valence-corrected chi connectivity index (χ1v) is 10.8. The van der Waals surface area contributed by atoms with Gasteiger partial charge in [-0.3, -0.25) is 4.79 Å². The molecule has 0 saturated heterocycles. The van der Waals surface area contributed by atoms with Crippen LogP contribution in [-0.4, -0.2) is 17.9 Å². The van der Waals surface area contributed by atoms with Crippen molar-refractivity contribution in [3.8, 4) is 0 Å². The smallest absolute Gasteiger partial charge is 0.337 e. The molecule has 4 rings (SSSR count). The first-order valence-electron chi connectivity index (χ1n) is 10.5. The Morgan fingerprint density at radius 3 is 2.45 bits per heavy atom. The molecule has 0 aromatic heterocycles. The maximum absolute atomic E-state index is 13.2. The molecular formula is C24H28ClNO3. The third kappa shape index (κ3) is 4.00. The number of rotatable bonds is 3. The lowest BCUT2D eigenvalue weighted by Gasteiger charge is -2.39. The number of dihydropyridines is 1. The molecule has 1 fully saturated rings. The molecule has 1 aromatic carbocycles. The van der Waals surface area contributed by atoms with Crippen LogP contribution in [0.15, 0.2) is 46.8 Å². The maximum atomic E-state index is 13.2. The van der Waals surface area contributed by atoms with Crippen LogP contribution in [0.1, 0.15) is 70.8 Å². The number of allylic oxidation sites excluding steroid dienone is 3. The summed E-state index contributed by atoms with van der Waals surface area (Å²) in [5, 5.41) is 4.01. The van der Waals surface area contributed by atoms with E-state index in [4.69, 9.17) is 16.3 Å². The van der Waals surface area contributed by atoms with E-state index in [1.165, 1.54) is 0 Å². The molecule has 0 bridgehead atoms. The topological polar surface area (TPSA) is 55.4 Å². The van der Waals surface area contributed by atoms with Gasteiger partial charge in [0.25, 0.3) is 0 Å². The van der Waals surface area contributed by atoms with Crippen LogP contribution in [0.4, 0.5) is 0 Å². The van der Waals surface area contributed by atoms with Crippen LogP contribution in [0.2, 0.25) is 5.02 Å². The van der Waals surface area contributed by atoms with Crippen molar-refractivity contribution in [1.82, 2.24) is 5.32 Å². The Balaban J connectivity index is 1.78. The summed E-state index contributed by atoms with van der Waals surface area (Å²) >= 11 is 6.10. The summed E-state index contributed by atoms with van der Waals surface area (Å²) in [5.74, 6) is -0.630. The summed E-state index contributed by atoms with van der Waals surface area (Å²) in [5.41, 5.74) is 3.75. The molecule has 1 saturated carbocycles. The van der Waals surface area contributed by atoms with Crippen LogP contribution >= 0.6 is 11.6 Å². The molecule has 0 amide bonds. The Bertz CT molecular complexity index is 905. The van der Waals surface area contributed by atoms with Gasteiger partial charge in [-0.2, -0.15) is 0 Å². The molecular weight excluding hydrogens is 386 g/mol. The predicted octanol–water partition coefficient (Wildman–Crippen LogP) is 5.43. The summed E-state index contributed by atoms with van der Waals surface area (Å²) in [6.45, 7) is 6.12. The van der Waals surface area contributed by atoms with Crippen LogP contribution in [0.3, 0.4) is 0 Å². The van der Waals surface area contributed by atoms with Crippen molar-refractivity contribution in [1.29, 1.82) is 0 Å². The summed E-state index contributed by atoms with van der Waals surface area (Å²) in [6, 6.07) is 7.44. The minimum Gasteiger partial charge on any atom is -0.459 e. The molecule has 2 aliphatic carbocycles. The van der Waals surface area contributed by atoms with Crippen LogP contribution in [0, 0.1) is 5.41 Å². The lowest BCUT2D eigenvalue weighted by Crippen LogP contribution is -2.39. The van der Waals surface area contributed by atoms with Crippen LogP contribution in [-0.2, 0) is 14.3 Å². The average molecular weight is 414 g/mol. The normalized spacial score (nSPS) is 24.4. The molecule has 1 heterocycles. The molecule has 3 aliphatic rings. The number of hydrogen-bond donors (Lipinski definition) is 1. The molecule has 0 spiro atoms. The zero-order chi connectivity index (χ0) is 20.8. The fourth-order valence-corrected chi connectivity index (χ4v) is 5.04. The highest BCUT2D eigenvalue weighted by Crippen LogP contribution is 2.47. The quantitative estimate of drug-likeness (QED) is 0.671. The van der Waals surface area contributed by atoms with Gasteiger partial charge < -0.3 is 10.1 Å². The van der Waals surface area contributed by atoms with Gasteiger partial charge in [-0.25, -0.2) is 4.79 Å². The van der Waals surface area contributed by atoms with E-state index < -0.39 is 5.92 Å². The molecule has 1 N–H and O–H groups in total. The number of halogens is 1. The fourth-order valence-electron chi connectivity index (χ4n) is 4.92. The number of ketones is 1. The van der Waals surface area contributed by atoms with Crippen LogP contribution in [0.25, 0.3) is 0 Å². The molecule has 1 atom stereocenters. The SMILES string of the molecule is CC1=C(C(=O)OC2CCCC2)[C@H](c2ccc(Cl)cc2)C2=C(CC(C)(C)CC2=O)N1. The zero-order valence-corrected chi connectivity index (χ0v) is 18.1. The van der Waals surface area contributed by atoms with E-state index in [0.29, 0.717) is 22.6 Å². The predicted molar refractivity (Wildman–Crippen MR) is 113 cm³/mol. The molecule has 1 aromatic rings. The highest BCUT2D eigenvalue weighted by molar-refractivity contribution is 6.30. The Morgan fingerprint density at radius 1 is 1.14 bits per heavy atom. The van der Waals surface area contributed by atoms with Crippen molar-refractivity contribution in [2.45, 2.75) is 71.3 Å². The van der Waals surface area contributed by atoms with Crippen molar-refractivity contribution >= 4 is 23.4 Å². The van der Waals surface area contributed by atoms with Crippen molar-refractivity contribution < 1.29 is 14.3 Å². The molecule has 154 valence electrons. The molecule has 0 radical (unpaired) electrons. The zero-order valence-electron chi connectivity index (χ0n) is 17.3. The summed E-state index contributed by atoms with van der Waals surface area (Å²) in [4.78, 5) is 26.5. The lowest BCUT2D eigenvalue weighted by atomic mass is 9.68. The Labute approximate surface area is 177 Å². The minimum absolute atomic E-state index is 0.0231. The van der Waals surface area contributed by atoms with E-state index in [2.05, 4.69) is 19.2 Å². The van der Waals surface area contributed by atoms with Crippen molar-refractivity contribution in [3.05, 3.63) is 57.4 Å². The van der Waals surface area contributed by atoms with Gasteiger partial charge in [-0.1, -0.05) is 37.6 Å². The van der Waals surface area contributed by atoms with Crippen molar-refractivity contribution in [2.75, 3.05) is 0 Å². The van der Waals surface area contributed by atoms with E-state index in [1.54, 1.807) is 0 Å². The minimum atomic E-state index is -0.416. The van der Waals surface area contributed by atoms with E-state index in [9.17, 15) is 9.59 Å². The van der Waals surface area contributed by atoms with Gasteiger partial charge in [0.15, 0.2) is 5.78 Å². The van der Waals surface area contributed by atoms with Gasteiger partial charge in [-0.15, -0.1) is 0 Å². The van der Waals surface area contributed by atoms with Crippen LogP contribution < -0.4 is 5.32 Å².